The van der Waals surface area contributed by atoms with Gasteiger partial charge in [-0.15, -0.1) is 0 Å². The topological polar surface area (TPSA) is 6.48 Å². The van der Waals surface area contributed by atoms with Crippen LogP contribution in [-0.4, -0.2) is 29.1 Å². The molecular formula is C25H50N2. The summed E-state index contributed by atoms with van der Waals surface area (Å²) in [7, 11) is 0. The van der Waals surface area contributed by atoms with Gasteiger partial charge in [0.1, 0.15) is 6.17 Å². The van der Waals surface area contributed by atoms with E-state index in [0.29, 0.717) is 12.1 Å². The molecule has 0 N–H and O–H groups in total. The summed E-state index contributed by atoms with van der Waals surface area (Å²) in [4.78, 5) is 5.16. The Hall–Kier alpha value is -0.660. The predicted molar refractivity (Wildman–Crippen MR) is 122 cm³/mol. The van der Waals surface area contributed by atoms with Crippen molar-refractivity contribution in [3.8, 4) is 0 Å². The molecule has 2 heteroatoms. The summed E-state index contributed by atoms with van der Waals surface area (Å²) in [6.45, 7) is 11.8. The van der Waals surface area contributed by atoms with Crippen LogP contribution in [0.15, 0.2) is 12.4 Å². The second kappa shape index (κ2) is 16.3. The number of hydrogen-bond acceptors (Lipinski definition) is 2. The standard InChI is InChI=1S/C25H50N2/c1-5-7-9-10-11-12-13-14-15-16-17-18-19-21-27-23-22-26(20-8-6-2)25(27)24(3)4/h22-25H,5-21H2,1-4H3. The highest BCUT2D eigenvalue weighted by molar-refractivity contribution is 4.98. The molecule has 0 amide bonds. The first-order chi connectivity index (χ1) is 13.2. The fraction of sp³-hybridized carbons (Fsp3) is 0.920. The van der Waals surface area contributed by atoms with Gasteiger partial charge in [-0.05, 0) is 18.8 Å². The highest BCUT2D eigenvalue weighted by Crippen LogP contribution is 2.24. The second-order valence-corrected chi connectivity index (χ2v) is 9.03. The Morgan fingerprint density at radius 2 is 0.926 bits per heavy atom. The molecule has 27 heavy (non-hydrogen) atoms. The van der Waals surface area contributed by atoms with Gasteiger partial charge in [-0.2, -0.15) is 0 Å². The molecule has 0 aliphatic carbocycles. The van der Waals surface area contributed by atoms with Crippen LogP contribution < -0.4 is 0 Å². The van der Waals surface area contributed by atoms with Crippen LogP contribution in [0.1, 0.15) is 124 Å². The fourth-order valence-corrected chi connectivity index (χ4v) is 4.37. The minimum Gasteiger partial charge on any atom is -0.356 e. The maximum atomic E-state index is 2.60. The molecule has 0 bridgehead atoms. The van der Waals surface area contributed by atoms with E-state index in [9.17, 15) is 0 Å². The molecule has 0 spiro atoms. The molecule has 0 aromatic heterocycles. The molecule has 1 aliphatic rings. The van der Waals surface area contributed by atoms with Gasteiger partial charge in [-0.3, -0.25) is 0 Å². The zero-order valence-corrected chi connectivity index (χ0v) is 19.2. The van der Waals surface area contributed by atoms with Crippen molar-refractivity contribution < 1.29 is 0 Å². The van der Waals surface area contributed by atoms with Crippen molar-refractivity contribution in [2.45, 2.75) is 130 Å². The fourth-order valence-electron chi connectivity index (χ4n) is 4.37. The van der Waals surface area contributed by atoms with Gasteiger partial charge in [0.05, 0.1) is 0 Å². The molecule has 0 fully saturated rings. The van der Waals surface area contributed by atoms with Crippen LogP contribution in [0.4, 0.5) is 0 Å². The minimum atomic E-state index is 0.592. The molecule has 0 saturated carbocycles. The Bertz CT molecular complexity index is 350. The zero-order chi connectivity index (χ0) is 19.7. The molecule has 1 unspecified atom stereocenters. The van der Waals surface area contributed by atoms with Crippen LogP contribution in [0.3, 0.4) is 0 Å². The molecule has 160 valence electrons. The van der Waals surface area contributed by atoms with Crippen molar-refractivity contribution in [3.63, 3.8) is 0 Å². The summed E-state index contributed by atoms with van der Waals surface area (Å²) >= 11 is 0. The predicted octanol–water partition coefficient (Wildman–Crippen LogP) is 7.95. The summed E-state index contributed by atoms with van der Waals surface area (Å²) in [5, 5.41) is 0. The Morgan fingerprint density at radius 1 is 0.556 bits per heavy atom. The smallest absolute Gasteiger partial charge is 0.103 e. The zero-order valence-electron chi connectivity index (χ0n) is 19.2. The molecule has 1 atom stereocenters. The lowest BCUT2D eigenvalue weighted by Gasteiger charge is -2.35. The van der Waals surface area contributed by atoms with Gasteiger partial charge >= 0.3 is 0 Å². The van der Waals surface area contributed by atoms with Crippen molar-refractivity contribution in [2.75, 3.05) is 13.1 Å². The molecule has 1 heterocycles. The first kappa shape index (κ1) is 24.4. The van der Waals surface area contributed by atoms with E-state index in [0.717, 1.165) is 0 Å². The Kier molecular flexibility index (Phi) is 14.7. The molecule has 0 radical (unpaired) electrons. The molecule has 1 aliphatic heterocycles. The van der Waals surface area contributed by atoms with E-state index in [4.69, 9.17) is 0 Å². The molecule has 0 aromatic carbocycles. The van der Waals surface area contributed by atoms with Gasteiger partial charge < -0.3 is 9.80 Å². The minimum absolute atomic E-state index is 0.592. The maximum absolute atomic E-state index is 2.60. The summed E-state index contributed by atoms with van der Waals surface area (Å²) in [6.07, 6.45) is 26.5. The van der Waals surface area contributed by atoms with Gasteiger partial charge in [0.2, 0.25) is 0 Å². The van der Waals surface area contributed by atoms with Gasteiger partial charge in [0, 0.05) is 25.5 Å². The van der Waals surface area contributed by atoms with Crippen molar-refractivity contribution in [3.05, 3.63) is 12.4 Å². The van der Waals surface area contributed by atoms with Gasteiger partial charge in [-0.1, -0.05) is 111 Å². The number of hydrogen-bond donors (Lipinski definition) is 0. The van der Waals surface area contributed by atoms with Crippen LogP contribution in [-0.2, 0) is 0 Å². The molecular weight excluding hydrogens is 328 g/mol. The number of nitrogens with zero attached hydrogens (tertiary/aromatic N) is 2. The van der Waals surface area contributed by atoms with Crippen molar-refractivity contribution in [2.24, 2.45) is 5.92 Å². The Labute approximate surface area is 171 Å². The first-order valence-electron chi connectivity index (χ1n) is 12.4. The normalized spacial score (nSPS) is 16.9. The van der Waals surface area contributed by atoms with Crippen molar-refractivity contribution in [1.29, 1.82) is 0 Å². The van der Waals surface area contributed by atoms with Crippen molar-refractivity contribution >= 4 is 0 Å². The van der Waals surface area contributed by atoms with E-state index in [1.807, 2.05) is 0 Å². The summed E-state index contributed by atoms with van der Waals surface area (Å²) in [5.41, 5.74) is 0. The highest BCUT2D eigenvalue weighted by atomic mass is 15.4. The van der Waals surface area contributed by atoms with Crippen LogP contribution >= 0.6 is 0 Å². The largest absolute Gasteiger partial charge is 0.356 e. The van der Waals surface area contributed by atoms with Gasteiger partial charge in [0.15, 0.2) is 0 Å². The van der Waals surface area contributed by atoms with Crippen LogP contribution in [0.2, 0.25) is 0 Å². The first-order valence-corrected chi connectivity index (χ1v) is 12.4. The average molecular weight is 379 g/mol. The molecule has 0 saturated heterocycles. The highest BCUT2D eigenvalue weighted by Gasteiger charge is 2.27. The van der Waals surface area contributed by atoms with Crippen LogP contribution in [0.5, 0.6) is 0 Å². The van der Waals surface area contributed by atoms with E-state index >= 15 is 0 Å². The number of rotatable bonds is 18. The lowest BCUT2D eigenvalue weighted by atomic mass is 10.0. The van der Waals surface area contributed by atoms with E-state index in [1.54, 1.807) is 0 Å². The summed E-state index contributed by atoms with van der Waals surface area (Å²) in [5.74, 6) is 0.693. The second-order valence-electron chi connectivity index (χ2n) is 9.03. The molecule has 2 nitrogen and oxygen atoms in total. The average Bonchev–Trinajstić information content (AvgIpc) is 3.06. The third-order valence-electron chi connectivity index (χ3n) is 6.02. The third kappa shape index (κ3) is 11.1. The molecule has 0 aromatic rings. The Morgan fingerprint density at radius 3 is 1.33 bits per heavy atom. The summed E-state index contributed by atoms with van der Waals surface area (Å²) in [6, 6.07) is 0. The maximum Gasteiger partial charge on any atom is 0.103 e. The van der Waals surface area contributed by atoms with Crippen molar-refractivity contribution in [1.82, 2.24) is 9.80 Å². The van der Waals surface area contributed by atoms with E-state index in [1.165, 1.54) is 109 Å². The van der Waals surface area contributed by atoms with Gasteiger partial charge in [0.25, 0.3) is 0 Å². The number of unbranched alkanes of at least 4 members (excludes halogenated alkanes) is 13. The lowest BCUT2D eigenvalue weighted by molar-refractivity contribution is 0.104. The third-order valence-corrected chi connectivity index (χ3v) is 6.02. The van der Waals surface area contributed by atoms with E-state index in [2.05, 4.69) is 49.9 Å². The quantitative estimate of drug-likeness (QED) is 0.223. The van der Waals surface area contributed by atoms with Gasteiger partial charge in [-0.25, -0.2) is 0 Å². The lowest BCUT2D eigenvalue weighted by Crippen LogP contribution is -2.43. The van der Waals surface area contributed by atoms with E-state index < -0.39 is 0 Å². The Balaban J connectivity index is 1.98. The molecule has 1 rings (SSSR count). The van der Waals surface area contributed by atoms with Crippen LogP contribution in [0, 0.1) is 5.92 Å². The SMILES string of the molecule is CCCCCCCCCCCCCCCN1C=CN(CCCC)C1C(C)C. The van der Waals surface area contributed by atoms with E-state index in [-0.39, 0.29) is 0 Å². The summed E-state index contributed by atoms with van der Waals surface area (Å²) < 4.78 is 0. The van der Waals surface area contributed by atoms with Crippen LogP contribution in [0.25, 0.3) is 0 Å². The monoisotopic (exact) mass is 378 g/mol.